The minimum absolute atomic E-state index is 0.0837. The topological polar surface area (TPSA) is 38.1 Å². The van der Waals surface area contributed by atoms with Gasteiger partial charge in [0.1, 0.15) is 11.6 Å². The standard InChI is InChI=1S/C15H14FN3OS/c1-18-6-5-17-14(18)9-19(2)15(20)13-8-10-7-11(16)3-4-12(10)21-13/h3-8H,9H2,1-2H3. The van der Waals surface area contributed by atoms with E-state index in [2.05, 4.69) is 4.98 Å². The van der Waals surface area contributed by atoms with Crippen molar-refractivity contribution in [2.75, 3.05) is 7.05 Å². The molecule has 1 amide bonds. The molecule has 0 aliphatic carbocycles. The number of carbonyl (C=O) groups excluding carboxylic acids is 1. The Hall–Kier alpha value is -2.21. The number of nitrogens with zero attached hydrogens (tertiary/aromatic N) is 3. The summed E-state index contributed by atoms with van der Waals surface area (Å²) in [6.45, 7) is 0.435. The fraction of sp³-hybridized carbons (Fsp3) is 0.200. The number of carbonyl (C=O) groups is 1. The summed E-state index contributed by atoms with van der Waals surface area (Å²) in [6, 6.07) is 6.29. The van der Waals surface area contributed by atoms with Gasteiger partial charge in [-0.25, -0.2) is 9.37 Å². The Morgan fingerprint density at radius 2 is 2.24 bits per heavy atom. The molecule has 0 fully saturated rings. The maximum Gasteiger partial charge on any atom is 0.264 e. The van der Waals surface area contributed by atoms with Crippen molar-refractivity contribution >= 4 is 27.3 Å². The van der Waals surface area contributed by atoms with Crippen molar-refractivity contribution in [1.29, 1.82) is 0 Å². The van der Waals surface area contributed by atoms with E-state index in [9.17, 15) is 9.18 Å². The molecule has 0 aliphatic rings. The van der Waals surface area contributed by atoms with Gasteiger partial charge in [-0.05, 0) is 29.7 Å². The second-order valence-corrected chi connectivity index (χ2v) is 5.99. The molecule has 4 nitrogen and oxygen atoms in total. The Kier molecular flexibility index (Phi) is 3.47. The predicted molar refractivity (Wildman–Crippen MR) is 80.8 cm³/mol. The molecule has 0 atom stereocenters. The highest BCUT2D eigenvalue weighted by atomic mass is 32.1. The average molecular weight is 303 g/mol. The number of benzene rings is 1. The third kappa shape index (κ3) is 2.67. The molecule has 0 aliphatic heterocycles. The van der Waals surface area contributed by atoms with Crippen molar-refractivity contribution in [3.8, 4) is 0 Å². The van der Waals surface area contributed by atoms with Crippen LogP contribution in [0.2, 0.25) is 0 Å². The molecular weight excluding hydrogens is 289 g/mol. The summed E-state index contributed by atoms with van der Waals surface area (Å²) in [5.74, 6) is 0.443. The first-order chi connectivity index (χ1) is 10.0. The van der Waals surface area contributed by atoms with Gasteiger partial charge in [0.2, 0.25) is 0 Å². The van der Waals surface area contributed by atoms with E-state index in [1.807, 2.05) is 17.8 Å². The van der Waals surface area contributed by atoms with Crippen LogP contribution in [-0.4, -0.2) is 27.4 Å². The molecule has 0 spiro atoms. The number of thiophene rings is 1. The van der Waals surface area contributed by atoms with Crippen LogP contribution < -0.4 is 0 Å². The second kappa shape index (κ2) is 5.29. The summed E-state index contributed by atoms with van der Waals surface area (Å²) in [5.41, 5.74) is 0. The van der Waals surface area contributed by atoms with Gasteiger partial charge in [-0.1, -0.05) is 0 Å². The highest BCUT2D eigenvalue weighted by molar-refractivity contribution is 7.20. The Labute approximate surface area is 125 Å². The zero-order valence-corrected chi connectivity index (χ0v) is 12.5. The molecule has 21 heavy (non-hydrogen) atoms. The van der Waals surface area contributed by atoms with E-state index in [1.54, 1.807) is 30.3 Å². The van der Waals surface area contributed by atoms with Gasteiger partial charge in [-0.2, -0.15) is 0 Å². The van der Waals surface area contributed by atoms with Gasteiger partial charge >= 0.3 is 0 Å². The van der Waals surface area contributed by atoms with E-state index < -0.39 is 0 Å². The molecule has 2 heterocycles. The Morgan fingerprint density at radius 1 is 1.43 bits per heavy atom. The second-order valence-electron chi connectivity index (χ2n) is 4.91. The quantitative estimate of drug-likeness (QED) is 0.746. The number of aryl methyl sites for hydroxylation is 1. The number of imidazole rings is 1. The van der Waals surface area contributed by atoms with Crippen LogP contribution >= 0.6 is 11.3 Å². The first-order valence-corrected chi connectivity index (χ1v) is 7.27. The minimum Gasteiger partial charge on any atom is -0.337 e. The van der Waals surface area contributed by atoms with Gasteiger partial charge in [0.05, 0.1) is 11.4 Å². The molecule has 0 N–H and O–H groups in total. The SMILES string of the molecule is CN(Cc1nccn1C)C(=O)c1cc2cc(F)ccc2s1. The van der Waals surface area contributed by atoms with Gasteiger partial charge in [-0.3, -0.25) is 4.79 Å². The van der Waals surface area contributed by atoms with Gasteiger partial charge in [-0.15, -0.1) is 11.3 Å². The first kappa shape index (κ1) is 13.8. The number of hydrogen-bond acceptors (Lipinski definition) is 3. The van der Waals surface area contributed by atoms with Gasteiger partial charge < -0.3 is 9.47 Å². The van der Waals surface area contributed by atoms with Crippen molar-refractivity contribution in [2.24, 2.45) is 7.05 Å². The lowest BCUT2D eigenvalue weighted by Crippen LogP contribution is -2.26. The zero-order valence-electron chi connectivity index (χ0n) is 11.7. The van der Waals surface area contributed by atoms with E-state index in [1.165, 1.54) is 23.5 Å². The van der Waals surface area contributed by atoms with Crippen LogP contribution in [0, 0.1) is 5.82 Å². The molecule has 0 saturated carbocycles. The summed E-state index contributed by atoms with van der Waals surface area (Å²) < 4.78 is 16.0. The van der Waals surface area contributed by atoms with Crippen molar-refractivity contribution in [3.05, 3.63) is 53.2 Å². The average Bonchev–Trinajstić information content (AvgIpc) is 3.04. The molecular formula is C15H14FN3OS. The summed E-state index contributed by atoms with van der Waals surface area (Å²) in [5, 5.41) is 0.758. The fourth-order valence-corrected chi connectivity index (χ4v) is 3.18. The minimum atomic E-state index is -0.291. The van der Waals surface area contributed by atoms with Crippen molar-refractivity contribution in [3.63, 3.8) is 0 Å². The van der Waals surface area contributed by atoms with Crippen LogP contribution in [0.3, 0.4) is 0 Å². The number of fused-ring (bicyclic) bond motifs is 1. The third-order valence-electron chi connectivity index (χ3n) is 3.34. The van der Waals surface area contributed by atoms with Crippen molar-refractivity contribution < 1.29 is 9.18 Å². The van der Waals surface area contributed by atoms with Crippen molar-refractivity contribution in [1.82, 2.24) is 14.5 Å². The molecule has 0 unspecified atom stereocenters. The van der Waals surface area contributed by atoms with Crippen LogP contribution in [-0.2, 0) is 13.6 Å². The molecule has 0 saturated heterocycles. The van der Waals surface area contributed by atoms with E-state index in [0.29, 0.717) is 11.4 Å². The monoisotopic (exact) mass is 303 g/mol. The van der Waals surface area contributed by atoms with E-state index in [-0.39, 0.29) is 11.7 Å². The largest absolute Gasteiger partial charge is 0.337 e. The summed E-state index contributed by atoms with van der Waals surface area (Å²) >= 11 is 1.37. The number of amides is 1. The maximum absolute atomic E-state index is 13.2. The van der Waals surface area contributed by atoms with Crippen LogP contribution in [0.4, 0.5) is 4.39 Å². The first-order valence-electron chi connectivity index (χ1n) is 6.45. The molecule has 6 heteroatoms. The van der Waals surface area contributed by atoms with Crippen LogP contribution in [0.25, 0.3) is 10.1 Å². The Bertz CT molecular complexity index is 808. The predicted octanol–water partition coefficient (Wildman–Crippen LogP) is 3.05. The normalized spacial score (nSPS) is 11.0. The Morgan fingerprint density at radius 3 is 2.95 bits per heavy atom. The number of hydrogen-bond donors (Lipinski definition) is 0. The lowest BCUT2D eigenvalue weighted by atomic mass is 10.2. The summed E-state index contributed by atoms with van der Waals surface area (Å²) in [7, 11) is 3.63. The lowest BCUT2D eigenvalue weighted by Gasteiger charge is -2.15. The number of rotatable bonds is 3. The molecule has 0 bridgehead atoms. The van der Waals surface area contributed by atoms with Crippen LogP contribution in [0.1, 0.15) is 15.5 Å². The molecule has 0 radical (unpaired) electrons. The van der Waals surface area contributed by atoms with Crippen LogP contribution in [0.5, 0.6) is 0 Å². The Balaban J connectivity index is 1.84. The van der Waals surface area contributed by atoms with Crippen LogP contribution in [0.15, 0.2) is 36.7 Å². The van der Waals surface area contributed by atoms with E-state index in [0.717, 1.165) is 15.9 Å². The zero-order chi connectivity index (χ0) is 15.0. The highest BCUT2D eigenvalue weighted by Crippen LogP contribution is 2.27. The maximum atomic E-state index is 13.2. The number of halogens is 1. The summed E-state index contributed by atoms with van der Waals surface area (Å²) in [6.07, 6.45) is 3.55. The highest BCUT2D eigenvalue weighted by Gasteiger charge is 2.16. The molecule has 2 aromatic heterocycles. The van der Waals surface area contributed by atoms with Gasteiger partial charge in [0.15, 0.2) is 0 Å². The molecule has 1 aromatic carbocycles. The molecule has 108 valence electrons. The molecule has 3 aromatic rings. The van der Waals surface area contributed by atoms with E-state index in [4.69, 9.17) is 0 Å². The van der Waals surface area contributed by atoms with Gasteiger partial charge in [0, 0.05) is 31.2 Å². The van der Waals surface area contributed by atoms with Gasteiger partial charge in [0.25, 0.3) is 5.91 Å². The fourth-order valence-electron chi connectivity index (χ4n) is 2.14. The number of aromatic nitrogens is 2. The summed E-state index contributed by atoms with van der Waals surface area (Å²) in [4.78, 5) is 18.9. The third-order valence-corrected chi connectivity index (χ3v) is 4.44. The smallest absolute Gasteiger partial charge is 0.264 e. The van der Waals surface area contributed by atoms with Crippen molar-refractivity contribution in [2.45, 2.75) is 6.54 Å². The molecule has 3 rings (SSSR count). The van der Waals surface area contributed by atoms with E-state index >= 15 is 0 Å². The lowest BCUT2D eigenvalue weighted by molar-refractivity contribution is 0.0785.